The van der Waals surface area contributed by atoms with Crippen molar-refractivity contribution in [3.63, 3.8) is 0 Å². The summed E-state index contributed by atoms with van der Waals surface area (Å²) in [6.07, 6.45) is 2.74. The van der Waals surface area contributed by atoms with Gasteiger partial charge in [0.15, 0.2) is 0 Å². The molecule has 0 spiro atoms. The zero-order valence-corrected chi connectivity index (χ0v) is 19.0. The number of non-ortho nitro benzene ring substituents is 1. The maximum absolute atomic E-state index is 13.0. The summed E-state index contributed by atoms with van der Waals surface area (Å²) >= 11 is 3.35. The molecule has 2 heterocycles. The number of nitro benzene ring substituents is 1. The zero-order chi connectivity index (χ0) is 24.2. The molecule has 1 aromatic heterocycles. The van der Waals surface area contributed by atoms with Gasteiger partial charge in [-0.15, -0.1) is 0 Å². The Kier molecular flexibility index (Phi) is 6.55. The number of hydrogen-bond donors (Lipinski definition) is 1. The van der Waals surface area contributed by atoms with Gasteiger partial charge in [-0.05, 0) is 42.0 Å². The first-order valence-corrected chi connectivity index (χ1v) is 10.7. The molecule has 1 N–H and O–H groups in total. The van der Waals surface area contributed by atoms with Gasteiger partial charge in [-0.2, -0.15) is 0 Å². The van der Waals surface area contributed by atoms with E-state index >= 15 is 0 Å². The molecule has 34 heavy (non-hydrogen) atoms. The summed E-state index contributed by atoms with van der Waals surface area (Å²) in [4.78, 5) is 49.0. The van der Waals surface area contributed by atoms with E-state index in [2.05, 4.69) is 21.2 Å². The fourth-order valence-electron chi connectivity index (χ4n) is 3.24. The average Bonchev–Trinajstić information content (AvgIpc) is 3.32. The molecule has 0 unspecified atom stereocenters. The van der Waals surface area contributed by atoms with Crippen LogP contribution in [-0.2, 0) is 22.7 Å². The predicted molar refractivity (Wildman–Crippen MR) is 122 cm³/mol. The summed E-state index contributed by atoms with van der Waals surface area (Å²) in [5, 5.41) is 13.2. The minimum Gasteiger partial charge on any atom is -0.488 e. The molecule has 0 atom stereocenters. The number of barbiturate groups is 1. The number of nitro groups is 1. The van der Waals surface area contributed by atoms with Crippen LogP contribution in [0.5, 0.6) is 5.75 Å². The van der Waals surface area contributed by atoms with Crippen LogP contribution in [0.4, 0.5) is 10.5 Å². The Bertz CT molecular complexity index is 1320. The van der Waals surface area contributed by atoms with Crippen LogP contribution in [0.25, 0.3) is 6.08 Å². The summed E-state index contributed by atoms with van der Waals surface area (Å²) in [5.74, 6) is -0.914. The summed E-state index contributed by atoms with van der Waals surface area (Å²) < 4.78 is 11.7. The second kappa shape index (κ2) is 9.71. The number of furan rings is 1. The number of nitrogens with zero attached hydrogens (tertiary/aromatic N) is 2. The van der Waals surface area contributed by atoms with Crippen molar-refractivity contribution in [3.05, 3.63) is 97.9 Å². The summed E-state index contributed by atoms with van der Waals surface area (Å²) in [7, 11) is 0. The quantitative estimate of drug-likeness (QED) is 0.211. The molecule has 11 heteroatoms. The normalized spacial score (nSPS) is 14.9. The lowest BCUT2D eigenvalue weighted by Gasteiger charge is -2.25. The lowest BCUT2D eigenvalue weighted by atomic mass is 10.1. The molecule has 0 saturated carbocycles. The molecule has 2 aromatic carbocycles. The molecule has 4 rings (SSSR count). The molecule has 0 bridgehead atoms. The summed E-state index contributed by atoms with van der Waals surface area (Å²) in [5.41, 5.74) is 0.637. The van der Waals surface area contributed by atoms with Crippen LogP contribution in [0, 0.1) is 10.1 Å². The van der Waals surface area contributed by atoms with Crippen molar-refractivity contribution in [2.24, 2.45) is 0 Å². The number of halogens is 1. The van der Waals surface area contributed by atoms with Gasteiger partial charge in [-0.3, -0.25) is 29.9 Å². The standard InChI is InChI=1S/C23H16BrN3O7/c24-16-6-7-20(34-13-14-3-1-4-17(9-14)27(31)32)15(10-16)11-19-21(28)25-23(30)26(22(19)29)12-18-5-2-8-33-18/h1-11H,12-13H2,(H,25,28,30)/b19-11+. The van der Waals surface area contributed by atoms with Gasteiger partial charge in [0.05, 0.1) is 17.7 Å². The minimum absolute atomic E-state index is 0.0166. The van der Waals surface area contributed by atoms with Gasteiger partial charge in [-0.1, -0.05) is 28.1 Å². The van der Waals surface area contributed by atoms with Gasteiger partial charge in [0, 0.05) is 22.2 Å². The van der Waals surface area contributed by atoms with E-state index in [4.69, 9.17) is 9.15 Å². The molecular formula is C23H16BrN3O7. The molecule has 1 fully saturated rings. The van der Waals surface area contributed by atoms with Crippen LogP contribution in [0.2, 0.25) is 0 Å². The van der Waals surface area contributed by atoms with E-state index < -0.39 is 22.8 Å². The third-order valence-corrected chi connectivity index (χ3v) is 5.36. The number of carbonyl (C=O) groups is 3. The van der Waals surface area contributed by atoms with Gasteiger partial charge in [0.1, 0.15) is 23.7 Å². The van der Waals surface area contributed by atoms with E-state index in [1.807, 2.05) is 0 Å². The minimum atomic E-state index is -0.847. The maximum Gasteiger partial charge on any atom is 0.331 e. The highest BCUT2D eigenvalue weighted by molar-refractivity contribution is 9.10. The van der Waals surface area contributed by atoms with Crippen LogP contribution in [-0.4, -0.2) is 27.7 Å². The second-order valence-corrected chi connectivity index (χ2v) is 8.10. The van der Waals surface area contributed by atoms with Crippen molar-refractivity contribution >= 4 is 45.5 Å². The predicted octanol–water partition coefficient (Wildman–Crippen LogP) is 4.19. The fourth-order valence-corrected chi connectivity index (χ4v) is 3.61. The van der Waals surface area contributed by atoms with Crippen molar-refractivity contribution in [2.75, 3.05) is 0 Å². The Balaban J connectivity index is 1.61. The van der Waals surface area contributed by atoms with Crippen LogP contribution >= 0.6 is 15.9 Å². The highest BCUT2D eigenvalue weighted by Crippen LogP contribution is 2.28. The molecule has 1 aliphatic heterocycles. The lowest BCUT2D eigenvalue weighted by molar-refractivity contribution is -0.384. The largest absolute Gasteiger partial charge is 0.488 e. The maximum atomic E-state index is 13.0. The zero-order valence-electron chi connectivity index (χ0n) is 17.4. The molecule has 0 radical (unpaired) electrons. The molecule has 3 aromatic rings. The van der Waals surface area contributed by atoms with E-state index in [0.29, 0.717) is 27.1 Å². The van der Waals surface area contributed by atoms with Crippen molar-refractivity contribution in [3.8, 4) is 5.75 Å². The number of nitrogens with one attached hydrogen (secondary N) is 1. The first kappa shape index (κ1) is 22.9. The number of rotatable bonds is 7. The number of hydrogen-bond acceptors (Lipinski definition) is 7. The third kappa shape index (κ3) is 5.04. The number of benzene rings is 2. The van der Waals surface area contributed by atoms with Gasteiger partial charge in [0.2, 0.25) is 0 Å². The van der Waals surface area contributed by atoms with Gasteiger partial charge in [0.25, 0.3) is 17.5 Å². The topological polar surface area (TPSA) is 132 Å². The van der Waals surface area contributed by atoms with Crippen molar-refractivity contribution in [1.82, 2.24) is 10.2 Å². The smallest absolute Gasteiger partial charge is 0.331 e. The lowest BCUT2D eigenvalue weighted by Crippen LogP contribution is -2.53. The van der Waals surface area contributed by atoms with Gasteiger partial charge < -0.3 is 9.15 Å². The van der Waals surface area contributed by atoms with Crippen molar-refractivity contribution in [1.29, 1.82) is 0 Å². The highest BCUT2D eigenvalue weighted by Gasteiger charge is 2.36. The Morgan fingerprint density at radius 3 is 2.68 bits per heavy atom. The van der Waals surface area contributed by atoms with E-state index in [0.717, 1.165) is 4.90 Å². The Hall–Kier alpha value is -4.25. The monoisotopic (exact) mass is 525 g/mol. The highest BCUT2D eigenvalue weighted by atomic mass is 79.9. The van der Waals surface area contributed by atoms with E-state index in [9.17, 15) is 24.5 Å². The van der Waals surface area contributed by atoms with Crippen molar-refractivity contribution < 1.29 is 28.5 Å². The Morgan fingerprint density at radius 2 is 1.94 bits per heavy atom. The SMILES string of the molecule is O=C1NC(=O)N(Cc2ccco2)C(=O)/C1=C/c1cc(Br)ccc1OCc1cccc([N+](=O)[O-])c1. The van der Waals surface area contributed by atoms with E-state index in [1.165, 1.54) is 24.5 Å². The number of imide groups is 2. The third-order valence-electron chi connectivity index (χ3n) is 4.87. The van der Waals surface area contributed by atoms with E-state index in [-0.39, 0.29) is 24.4 Å². The number of amides is 4. The van der Waals surface area contributed by atoms with Crippen LogP contribution in [0.1, 0.15) is 16.9 Å². The molecule has 172 valence electrons. The number of urea groups is 1. The van der Waals surface area contributed by atoms with Gasteiger partial charge >= 0.3 is 6.03 Å². The summed E-state index contributed by atoms with van der Waals surface area (Å²) in [6, 6.07) is 13.4. The first-order valence-electron chi connectivity index (χ1n) is 9.89. The summed E-state index contributed by atoms with van der Waals surface area (Å²) in [6.45, 7) is -0.125. The van der Waals surface area contributed by atoms with Crippen LogP contribution < -0.4 is 10.1 Å². The molecule has 4 amide bonds. The van der Waals surface area contributed by atoms with Crippen molar-refractivity contribution in [2.45, 2.75) is 13.2 Å². The van der Waals surface area contributed by atoms with Gasteiger partial charge in [-0.25, -0.2) is 4.79 Å². The molecule has 10 nitrogen and oxygen atoms in total. The van der Waals surface area contributed by atoms with Crippen LogP contribution in [0.15, 0.2) is 75.3 Å². The molecule has 1 aliphatic rings. The molecule has 0 aliphatic carbocycles. The second-order valence-electron chi connectivity index (χ2n) is 7.19. The fraction of sp³-hybridized carbons (Fsp3) is 0.0870. The number of carbonyl (C=O) groups excluding carboxylic acids is 3. The number of ether oxygens (including phenoxy) is 1. The van der Waals surface area contributed by atoms with E-state index in [1.54, 1.807) is 42.5 Å². The van der Waals surface area contributed by atoms with Crippen LogP contribution in [0.3, 0.4) is 0 Å². The average molecular weight is 526 g/mol. The first-order chi connectivity index (χ1) is 16.3. The Labute approximate surface area is 201 Å². The molecular weight excluding hydrogens is 510 g/mol. The molecule has 1 saturated heterocycles. The Morgan fingerprint density at radius 1 is 1.12 bits per heavy atom.